The van der Waals surface area contributed by atoms with Gasteiger partial charge in [0.25, 0.3) is 0 Å². The Labute approximate surface area is 204 Å². The minimum absolute atomic E-state index is 0.249. The third-order valence-electron chi connectivity index (χ3n) is 7.11. The van der Waals surface area contributed by atoms with Crippen LogP contribution in [0.1, 0.15) is 141 Å². The van der Waals surface area contributed by atoms with Crippen LogP contribution in [0.15, 0.2) is 0 Å². The Morgan fingerprint density at radius 1 is 0.667 bits per heavy atom. The summed E-state index contributed by atoms with van der Waals surface area (Å²) in [5.74, 6) is -0.342. The summed E-state index contributed by atoms with van der Waals surface area (Å²) in [5, 5.41) is 8.60. The standard InChI is InChI=1S/C28H53NO4/c1-33-26-23-24-29(25-26)27(30)21-19-17-15-13-11-9-7-5-3-2-4-6-8-10-12-14-16-18-20-22-28(31)32/h26H,2-25H2,1H3,(H,31,32)/t26-/m0/s1. The fraction of sp³-hybridized carbons (Fsp3) is 0.929. The van der Waals surface area contributed by atoms with Gasteiger partial charge in [-0.3, -0.25) is 9.59 Å². The first kappa shape index (κ1) is 29.9. The first-order valence-corrected chi connectivity index (χ1v) is 14.2. The first-order chi connectivity index (χ1) is 16.1. The number of hydrogen-bond acceptors (Lipinski definition) is 3. The van der Waals surface area contributed by atoms with Crippen molar-refractivity contribution in [3.05, 3.63) is 0 Å². The molecule has 1 aliphatic rings. The van der Waals surface area contributed by atoms with E-state index in [4.69, 9.17) is 9.84 Å². The van der Waals surface area contributed by atoms with Gasteiger partial charge in [0.1, 0.15) is 0 Å². The molecule has 1 fully saturated rings. The quantitative estimate of drug-likeness (QED) is 0.158. The number of hydrogen-bond donors (Lipinski definition) is 1. The van der Waals surface area contributed by atoms with E-state index in [9.17, 15) is 9.59 Å². The molecular formula is C28H53NO4. The van der Waals surface area contributed by atoms with Crippen LogP contribution in [0, 0.1) is 0 Å². The predicted octanol–water partition coefficient (Wildman–Crippen LogP) is 7.51. The van der Waals surface area contributed by atoms with Crippen LogP contribution in [-0.4, -0.2) is 48.2 Å². The van der Waals surface area contributed by atoms with Gasteiger partial charge in [-0.05, 0) is 19.3 Å². The van der Waals surface area contributed by atoms with Crippen molar-refractivity contribution >= 4 is 11.9 Å². The molecule has 0 spiro atoms. The smallest absolute Gasteiger partial charge is 0.303 e. The molecular weight excluding hydrogens is 414 g/mol. The zero-order valence-corrected chi connectivity index (χ0v) is 21.7. The van der Waals surface area contributed by atoms with Gasteiger partial charge < -0.3 is 14.7 Å². The van der Waals surface area contributed by atoms with Gasteiger partial charge in [-0.15, -0.1) is 0 Å². The molecule has 0 aromatic heterocycles. The fourth-order valence-corrected chi connectivity index (χ4v) is 4.86. The highest BCUT2D eigenvalue weighted by molar-refractivity contribution is 5.76. The second kappa shape index (κ2) is 21.4. The number of nitrogens with zero attached hydrogens (tertiary/aromatic N) is 1. The molecule has 1 rings (SSSR count). The summed E-state index contributed by atoms with van der Waals surface area (Å²) >= 11 is 0. The summed E-state index contributed by atoms with van der Waals surface area (Å²) in [5.41, 5.74) is 0. The van der Waals surface area contributed by atoms with Crippen LogP contribution in [0.3, 0.4) is 0 Å². The molecule has 33 heavy (non-hydrogen) atoms. The number of rotatable bonds is 23. The van der Waals surface area contributed by atoms with Gasteiger partial charge >= 0.3 is 5.97 Å². The average Bonchev–Trinajstić information content (AvgIpc) is 3.29. The Morgan fingerprint density at radius 3 is 1.36 bits per heavy atom. The molecule has 1 amide bonds. The van der Waals surface area contributed by atoms with E-state index in [0.717, 1.165) is 38.8 Å². The zero-order chi connectivity index (χ0) is 24.0. The summed E-state index contributed by atoms with van der Waals surface area (Å²) in [6.45, 7) is 1.66. The number of ether oxygens (including phenoxy) is 1. The third kappa shape index (κ3) is 18.0. The van der Waals surface area contributed by atoms with Crippen molar-refractivity contribution in [1.29, 1.82) is 0 Å². The van der Waals surface area contributed by atoms with Crippen molar-refractivity contribution in [3.8, 4) is 0 Å². The summed E-state index contributed by atoms with van der Waals surface area (Å²) in [6, 6.07) is 0. The van der Waals surface area contributed by atoms with E-state index in [1.165, 1.54) is 103 Å². The second-order valence-corrected chi connectivity index (χ2v) is 10.1. The topological polar surface area (TPSA) is 66.8 Å². The monoisotopic (exact) mass is 467 g/mol. The van der Waals surface area contributed by atoms with E-state index in [0.29, 0.717) is 18.7 Å². The van der Waals surface area contributed by atoms with Gasteiger partial charge in [0, 0.05) is 33.0 Å². The SMILES string of the molecule is CO[C@H]1CCN(C(=O)CCCCCCCCCCCCCCCCCCCCCC(=O)O)C1. The predicted molar refractivity (Wildman–Crippen MR) is 137 cm³/mol. The van der Waals surface area contributed by atoms with Crippen molar-refractivity contribution < 1.29 is 19.4 Å². The van der Waals surface area contributed by atoms with Crippen molar-refractivity contribution in [2.24, 2.45) is 0 Å². The second-order valence-electron chi connectivity index (χ2n) is 10.1. The largest absolute Gasteiger partial charge is 0.481 e. The van der Waals surface area contributed by atoms with Crippen LogP contribution in [0.2, 0.25) is 0 Å². The number of carbonyl (C=O) groups excluding carboxylic acids is 1. The highest BCUT2D eigenvalue weighted by Gasteiger charge is 2.25. The molecule has 194 valence electrons. The molecule has 1 atom stereocenters. The molecule has 0 aromatic carbocycles. The number of unbranched alkanes of at least 4 members (excludes halogenated alkanes) is 18. The Kier molecular flexibility index (Phi) is 19.4. The molecule has 0 bridgehead atoms. The van der Waals surface area contributed by atoms with Crippen LogP contribution >= 0.6 is 0 Å². The lowest BCUT2D eigenvalue weighted by molar-refractivity contribution is -0.137. The van der Waals surface area contributed by atoms with Crippen molar-refractivity contribution in [1.82, 2.24) is 4.90 Å². The van der Waals surface area contributed by atoms with E-state index in [1.54, 1.807) is 7.11 Å². The number of amides is 1. The summed E-state index contributed by atoms with van der Waals surface area (Å²) in [6.07, 6.45) is 26.6. The molecule has 0 aromatic rings. The summed E-state index contributed by atoms with van der Waals surface area (Å²) < 4.78 is 5.34. The van der Waals surface area contributed by atoms with E-state index in [2.05, 4.69) is 0 Å². The number of likely N-dealkylation sites (tertiary alicyclic amines) is 1. The van der Waals surface area contributed by atoms with Crippen molar-refractivity contribution in [2.45, 2.75) is 147 Å². The molecule has 0 aliphatic carbocycles. The number of carboxylic acids is 1. The van der Waals surface area contributed by atoms with Crippen LogP contribution < -0.4 is 0 Å². The maximum absolute atomic E-state index is 12.2. The van der Waals surface area contributed by atoms with Gasteiger partial charge in [-0.2, -0.15) is 0 Å². The van der Waals surface area contributed by atoms with Crippen LogP contribution in [0.5, 0.6) is 0 Å². The van der Waals surface area contributed by atoms with Crippen LogP contribution in [-0.2, 0) is 14.3 Å². The van der Waals surface area contributed by atoms with Crippen molar-refractivity contribution in [2.75, 3.05) is 20.2 Å². The van der Waals surface area contributed by atoms with E-state index < -0.39 is 5.97 Å². The van der Waals surface area contributed by atoms with E-state index in [1.807, 2.05) is 4.90 Å². The van der Waals surface area contributed by atoms with Gasteiger partial charge in [0.05, 0.1) is 6.10 Å². The van der Waals surface area contributed by atoms with Gasteiger partial charge in [0.2, 0.25) is 5.91 Å². The first-order valence-electron chi connectivity index (χ1n) is 14.2. The maximum atomic E-state index is 12.2. The van der Waals surface area contributed by atoms with Gasteiger partial charge in [0.15, 0.2) is 0 Å². The molecule has 0 unspecified atom stereocenters. The zero-order valence-electron chi connectivity index (χ0n) is 21.7. The molecule has 1 aliphatic heterocycles. The molecule has 5 nitrogen and oxygen atoms in total. The Balaban J connectivity index is 1.70. The van der Waals surface area contributed by atoms with E-state index >= 15 is 0 Å². The number of carboxylic acid groups (broad SMARTS) is 1. The maximum Gasteiger partial charge on any atom is 0.303 e. The molecule has 5 heteroatoms. The lowest BCUT2D eigenvalue weighted by Gasteiger charge is -2.15. The molecule has 1 heterocycles. The lowest BCUT2D eigenvalue weighted by Crippen LogP contribution is -2.29. The van der Waals surface area contributed by atoms with E-state index in [-0.39, 0.29) is 6.10 Å². The minimum Gasteiger partial charge on any atom is -0.481 e. The summed E-state index contributed by atoms with van der Waals surface area (Å²) in [4.78, 5) is 24.6. The highest BCUT2D eigenvalue weighted by Crippen LogP contribution is 2.17. The molecule has 1 saturated heterocycles. The minimum atomic E-state index is -0.661. The van der Waals surface area contributed by atoms with Crippen LogP contribution in [0.4, 0.5) is 0 Å². The van der Waals surface area contributed by atoms with Gasteiger partial charge in [-0.25, -0.2) is 0 Å². The molecule has 0 radical (unpaired) electrons. The lowest BCUT2D eigenvalue weighted by atomic mass is 10.0. The Morgan fingerprint density at radius 2 is 1.03 bits per heavy atom. The number of methoxy groups -OCH3 is 1. The average molecular weight is 468 g/mol. The Hall–Kier alpha value is -1.10. The summed E-state index contributed by atoms with van der Waals surface area (Å²) in [7, 11) is 1.74. The molecule has 1 N–H and O–H groups in total. The third-order valence-corrected chi connectivity index (χ3v) is 7.11. The fourth-order valence-electron chi connectivity index (χ4n) is 4.86. The van der Waals surface area contributed by atoms with Crippen LogP contribution in [0.25, 0.3) is 0 Å². The number of aliphatic carboxylic acids is 1. The molecule has 0 saturated carbocycles. The Bertz CT molecular complexity index is 483. The van der Waals surface area contributed by atoms with Crippen molar-refractivity contribution in [3.63, 3.8) is 0 Å². The highest BCUT2D eigenvalue weighted by atomic mass is 16.5. The normalized spacial score (nSPS) is 15.9. The van der Waals surface area contributed by atoms with Gasteiger partial charge in [-0.1, -0.05) is 109 Å². The number of carbonyl (C=O) groups is 2.